The molecule has 0 aromatic carbocycles. The Morgan fingerprint density at radius 3 is 2.00 bits per heavy atom. The van der Waals surface area contributed by atoms with Crippen LogP contribution in [0.5, 0.6) is 0 Å². The van der Waals surface area contributed by atoms with Crippen molar-refractivity contribution in [2.45, 2.75) is 200 Å². The molecule has 2 spiro atoms. The third-order valence-corrected chi connectivity index (χ3v) is 15.6. The number of amides is 5. The highest BCUT2D eigenvalue weighted by molar-refractivity contribution is 6.38. The van der Waals surface area contributed by atoms with Crippen molar-refractivity contribution in [2.75, 3.05) is 13.1 Å². The molecule has 5 amide bonds. The molecular formula is C44H72N6O6. The summed E-state index contributed by atoms with van der Waals surface area (Å²) in [5.74, 6) is -2.63. The van der Waals surface area contributed by atoms with Crippen molar-refractivity contribution in [1.29, 1.82) is 0 Å². The van der Waals surface area contributed by atoms with E-state index in [0.717, 1.165) is 77.2 Å². The van der Waals surface area contributed by atoms with Crippen LogP contribution >= 0.6 is 0 Å². The second-order valence-electron chi connectivity index (χ2n) is 20.6. The van der Waals surface area contributed by atoms with Crippen LogP contribution in [0.15, 0.2) is 0 Å². The largest absolute Gasteiger partial charge is 0.347 e. The van der Waals surface area contributed by atoms with E-state index >= 15 is 4.79 Å². The number of carbonyl (C=O) groups excluding carboxylic acids is 6. The van der Waals surface area contributed by atoms with E-state index < -0.39 is 52.7 Å². The third-order valence-electron chi connectivity index (χ3n) is 15.6. The van der Waals surface area contributed by atoms with Gasteiger partial charge in [0.1, 0.15) is 18.1 Å². The Hall–Kier alpha value is -3.02. The van der Waals surface area contributed by atoms with Gasteiger partial charge in [-0.05, 0) is 114 Å². The number of nitrogens with zero attached hydrogens (tertiary/aromatic N) is 2. The van der Waals surface area contributed by atoms with Crippen molar-refractivity contribution in [2.24, 2.45) is 27.6 Å². The summed E-state index contributed by atoms with van der Waals surface area (Å²) in [6, 6.07) is -3.43. The van der Waals surface area contributed by atoms with Gasteiger partial charge in [-0.3, -0.25) is 33.7 Å². The van der Waals surface area contributed by atoms with Gasteiger partial charge in [-0.1, -0.05) is 73.6 Å². The van der Waals surface area contributed by atoms with Crippen molar-refractivity contribution >= 4 is 35.3 Å². The molecule has 314 valence electrons. The fraction of sp³-hybridized carbons (Fsp3) is 0.864. The van der Waals surface area contributed by atoms with Gasteiger partial charge in [0, 0.05) is 24.0 Å². The van der Waals surface area contributed by atoms with Gasteiger partial charge < -0.3 is 26.2 Å². The molecule has 12 nitrogen and oxygen atoms in total. The van der Waals surface area contributed by atoms with Crippen molar-refractivity contribution in [3.8, 4) is 0 Å². The SMILES string of the molecule is CCCC(NC(=O)[C@@H]1C[C@@]2(CN1C(=O)[C@@H](NC(=O)[C@@H](NC(=O)[C@]1(C)CCCN1C(C)C)C1CCCCC1)C(C)(C)C)C(C)(C)C21CCC1)C(=O)C(=O)NC1CC1. The number of nitrogens with one attached hydrogen (secondary N) is 4. The van der Waals surface area contributed by atoms with E-state index in [0.29, 0.717) is 32.2 Å². The Morgan fingerprint density at radius 1 is 0.804 bits per heavy atom. The molecule has 56 heavy (non-hydrogen) atoms. The predicted molar refractivity (Wildman–Crippen MR) is 215 cm³/mol. The summed E-state index contributed by atoms with van der Waals surface area (Å²) in [6.07, 6.45) is 12.6. The molecule has 0 bridgehead atoms. The van der Waals surface area contributed by atoms with Crippen LogP contribution < -0.4 is 21.3 Å². The highest BCUT2D eigenvalue weighted by Crippen LogP contribution is 2.88. The fourth-order valence-corrected chi connectivity index (χ4v) is 11.8. The van der Waals surface area contributed by atoms with Gasteiger partial charge >= 0.3 is 0 Å². The molecule has 0 aromatic heterocycles. The van der Waals surface area contributed by atoms with Gasteiger partial charge in [0.05, 0.1) is 11.6 Å². The molecule has 6 fully saturated rings. The number of hydrogen-bond donors (Lipinski definition) is 4. The molecule has 2 heterocycles. The fourth-order valence-electron chi connectivity index (χ4n) is 11.8. The normalized spacial score (nSPS) is 30.0. The summed E-state index contributed by atoms with van der Waals surface area (Å²) in [4.78, 5) is 88.7. The molecule has 6 rings (SSSR count). The molecule has 4 saturated carbocycles. The molecule has 0 aromatic rings. The Bertz CT molecular complexity index is 1560. The minimum absolute atomic E-state index is 0.0131. The standard InChI is InChI=1S/C44H72N6O6/c1-10-16-30(33(51)37(54)45-29-19-20-29)46-35(52)31-25-44(41(7,8)43(44)22-14-23-43)26-49(31)38(55)34(40(4,5)6)48-36(53)32(28-17-12-11-13-18-28)47-39(56)42(9)21-15-24-50(42)27(2)3/h27-32,34H,10-26H2,1-9H3,(H,45,54)(H,46,52)(H,47,56)(H,48,53)/t30?,31-,32-,34+,42-,44+/m0/s1. The second-order valence-corrected chi connectivity index (χ2v) is 20.6. The minimum atomic E-state index is -0.990. The Balaban J connectivity index is 1.27. The quantitative estimate of drug-likeness (QED) is 0.185. The van der Waals surface area contributed by atoms with E-state index in [2.05, 4.69) is 53.9 Å². The topological polar surface area (TPSA) is 157 Å². The first kappa shape index (κ1) is 42.6. The zero-order valence-electron chi connectivity index (χ0n) is 35.9. The van der Waals surface area contributed by atoms with Gasteiger partial charge in [0.15, 0.2) is 0 Å². The van der Waals surface area contributed by atoms with Crippen molar-refractivity contribution < 1.29 is 28.8 Å². The van der Waals surface area contributed by atoms with Crippen molar-refractivity contribution in [3.63, 3.8) is 0 Å². The van der Waals surface area contributed by atoms with Gasteiger partial charge in [-0.2, -0.15) is 0 Å². The smallest absolute Gasteiger partial charge is 0.289 e. The van der Waals surface area contributed by atoms with Crippen LogP contribution in [-0.2, 0) is 28.8 Å². The summed E-state index contributed by atoms with van der Waals surface area (Å²) in [7, 11) is 0. The lowest BCUT2D eigenvalue weighted by atomic mass is 9.73. The van der Waals surface area contributed by atoms with E-state index in [-0.39, 0.29) is 52.0 Å². The molecule has 6 atom stereocenters. The van der Waals surface area contributed by atoms with Crippen LogP contribution in [0, 0.1) is 27.6 Å². The first-order valence-electron chi connectivity index (χ1n) is 22.1. The predicted octanol–water partition coefficient (Wildman–Crippen LogP) is 4.78. The summed E-state index contributed by atoms with van der Waals surface area (Å²) in [5.41, 5.74) is -1.78. The maximum atomic E-state index is 15.2. The van der Waals surface area contributed by atoms with Crippen LogP contribution in [0.3, 0.4) is 0 Å². The van der Waals surface area contributed by atoms with Crippen LogP contribution in [-0.4, -0.2) is 100.0 Å². The molecule has 0 radical (unpaired) electrons. The number of carbonyl (C=O) groups is 6. The summed E-state index contributed by atoms with van der Waals surface area (Å²) < 4.78 is 0. The minimum Gasteiger partial charge on any atom is -0.347 e. The van der Waals surface area contributed by atoms with E-state index in [4.69, 9.17) is 0 Å². The van der Waals surface area contributed by atoms with Crippen LogP contribution in [0.25, 0.3) is 0 Å². The van der Waals surface area contributed by atoms with E-state index in [1.807, 2.05) is 34.6 Å². The highest BCUT2D eigenvalue weighted by atomic mass is 16.2. The molecule has 4 aliphatic carbocycles. The average Bonchev–Trinajstić information content (AvgIpc) is 3.85. The zero-order chi connectivity index (χ0) is 41.0. The maximum Gasteiger partial charge on any atom is 0.289 e. The number of ketones is 1. The number of Topliss-reactive ketones (excluding diaryl/α,β-unsaturated/α-hetero) is 1. The molecule has 1 unspecified atom stereocenters. The van der Waals surface area contributed by atoms with Gasteiger partial charge in [0.25, 0.3) is 5.91 Å². The van der Waals surface area contributed by atoms with Crippen LogP contribution in [0.2, 0.25) is 0 Å². The number of hydrogen-bond acceptors (Lipinski definition) is 7. The molecule has 4 N–H and O–H groups in total. The van der Waals surface area contributed by atoms with E-state index in [1.165, 1.54) is 0 Å². The van der Waals surface area contributed by atoms with Crippen molar-refractivity contribution in [3.05, 3.63) is 0 Å². The lowest BCUT2D eigenvalue weighted by molar-refractivity contribution is -0.146. The second kappa shape index (κ2) is 15.6. The molecule has 12 heteroatoms. The van der Waals surface area contributed by atoms with Gasteiger partial charge in [0.2, 0.25) is 29.4 Å². The summed E-state index contributed by atoms with van der Waals surface area (Å²) >= 11 is 0. The lowest BCUT2D eigenvalue weighted by Crippen LogP contribution is -2.64. The molecule has 6 aliphatic rings. The monoisotopic (exact) mass is 781 g/mol. The summed E-state index contributed by atoms with van der Waals surface area (Å²) in [5, 5.41) is 12.1. The first-order chi connectivity index (χ1) is 26.2. The van der Waals surface area contributed by atoms with Gasteiger partial charge in [-0.25, -0.2) is 0 Å². The number of fused-ring (bicyclic) bond motifs is 1. The number of likely N-dealkylation sites (tertiary alicyclic amines) is 2. The first-order valence-corrected chi connectivity index (χ1v) is 22.1. The lowest BCUT2D eigenvalue weighted by Gasteiger charge is -2.40. The maximum absolute atomic E-state index is 15.2. The Morgan fingerprint density at radius 2 is 1.46 bits per heavy atom. The summed E-state index contributed by atoms with van der Waals surface area (Å²) in [6.45, 7) is 19.6. The van der Waals surface area contributed by atoms with Crippen LogP contribution in [0.1, 0.15) is 159 Å². The Labute approximate surface area is 335 Å². The van der Waals surface area contributed by atoms with Crippen LogP contribution in [0.4, 0.5) is 0 Å². The highest BCUT2D eigenvalue weighted by Gasteiger charge is 2.85. The number of rotatable bonds is 14. The Kier molecular flexibility index (Phi) is 11.9. The van der Waals surface area contributed by atoms with E-state index in [9.17, 15) is 24.0 Å². The zero-order valence-corrected chi connectivity index (χ0v) is 35.9. The van der Waals surface area contributed by atoms with E-state index in [1.54, 1.807) is 4.90 Å². The molecular weight excluding hydrogens is 709 g/mol. The molecule has 2 saturated heterocycles. The average molecular weight is 781 g/mol. The third kappa shape index (κ3) is 7.42. The molecule has 2 aliphatic heterocycles. The van der Waals surface area contributed by atoms with Crippen molar-refractivity contribution in [1.82, 2.24) is 31.1 Å². The van der Waals surface area contributed by atoms with Gasteiger partial charge in [-0.15, -0.1) is 0 Å².